The molecule has 1 aliphatic rings. The van der Waals surface area contributed by atoms with Crippen LogP contribution in [0.3, 0.4) is 0 Å². The number of hydrogen-bond donors (Lipinski definition) is 0. The predicted octanol–water partition coefficient (Wildman–Crippen LogP) is 1.46. The Morgan fingerprint density at radius 2 is 2.00 bits per heavy atom. The van der Waals surface area contributed by atoms with Gasteiger partial charge in [0.25, 0.3) is 0 Å². The Morgan fingerprint density at radius 1 is 1.38 bits per heavy atom. The Hall–Kier alpha value is -0.850. The monoisotopic (exact) mass is 108 g/mol. The Kier molecular flexibility index (Phi) is 1.29. The maximum Gasteiger partial charge on any atom is 0.146 e. The van der Waals surface area contributed by atoms with Crippen LogP contribution in [0.15, 0.2) is 23.8 Å². The molecular formula is C7H8O. The molecule has 1 aliphatic carbocycles. The molecule has 1 rings (SSSR count). The second-order valence-electron chi connectivity index (χ2n) is 1.87. The van der Waals surface area contributed by atoms with Crippen LogP contribution in [0.25, 0.3) is 0 Å². The molecular weight excluding hydrogens is 100 g/mol. The maximum absolute atomic E-state index is 10.1. The molecule has 0 aromatic heterocycles. The summed E-state index contributed by atoms with van der Waals surface area (Å²) in [6, 6.07) is 0. The van der Waals surface area contributed by atoms with Gasteiger partial charge >= 0.3 is 0 Å². The van der Waals surface area contributed by atoms with E-state index in [0.29, 0.717) is 0 Å². The average Bonchev–Trinajstić information content (AvgIpc) is 1.66. The van der Waals surface area contributed by atoms with Gasteiger partial charge in [-0.25, -0.2) is 0 Å². The van der Waals surface area contributed by atoms with Gasteiger partial charge in [-0.1, -0.05) is 12.7 Å². The van der Waals surface area contributed by atoms with Crippen LogP contribution in [-0.4, -0.2) is 6.29 Å². The SMILES string of the molecule is C=CC1=C(C=O)CC1. The molecule has 8 heavy (non-hydrogen) atoms. The normalized spacial score (nSPS) is 17.5. The van der Waals surface area contributed by atoms with Gasteiger partial charge in [0.2, 0.25) is 0 Å². The Morgan fingerprint density at radius 3 is 2.12 bits per heavy atom. The summed E-state index contributed by atoms with van der Waals surface area (Å²) in [6.07, 6.45) is 4.66. The number of hydrogen-bond acceptors (Lipinski definition) is 1. The zero-order valence-electron chi connectivity index (χ0n) is 4.68. The first-order valence-corrected chi connectivity index (χ1v) is 2.68. The number of carbonyl (C=O) groups excluding carboxylic acids is 1. The zero-order chi connectivity index (χ0) is 5.98. The quantitative estimate of drug-likeness (QED) is 0.489. The third-order valence-electron chi connectivity index (χ3n) is 1.46. The van der Waals surface area contributed by atoms with Gasteiger partial charge in [-0.2, -0.15) is 0 Å². The van der Waals surface area contributed by atoms with Gasteiger partial charge in [-0.05, 0) is 24.0 Å². The van der Waals surface area contributed by atoms with Crippen molar-refractivity contribution in [1.29, 1.82) is 0 Å². The molecule has 0 aromatic carbocycles. The van der Waals surface area contributed by atoms with E-state index in [1.807, 2.05) is 0 Å². The lowest BCUT2D eigenvalue weighted by Crippen LogP contribution is -2.01. The minimum Gasteiger partial charge on any atom is -0.298 e. The molecule has 0 spiro atoms. The van der Waals surface area contributed by atoms with Gasteiger partial charge in [0, 0.05) is 0 Å². The van der Waals surface area contributed by atoms with E-state index in [-0.39, 0.29) is 0 Å². The first-order valence-electron chi connectivity index (χ1n) is 2.68. The van der Waals surface area contributed by atoms with E-state index >= 15 is 0 Å². The highest BCUT2D eigenvalue weighted by atomic mass is 16.1. The second-order valence-corrected chi connectivity index (χ2v) is 1.87. The maximum atomic E-state index is 10.1. The van der Waals surface area contributed by atoms with Crippen molar-refractivity contribution < 1.29 is 4.79 Å². The lowest BCUT2D eigenvalue weighted by molar-refractivity contribution is -0.105. The zero-order valence-corrected chi connectivity index (χ0v) is 4.68. The molecule has 0 saturated carbocycles. The molecule has 0 aromatic rings. The third kappa shape index (κ3) is 0.601. The van der Waals surface area contributed by atoms with Crippen molar-refractivity contribution in [2.45, 2.75) is 12.8 Å². The lowest BCUT2D eigenvalue weighted by Gasteiger charge is -2.14. The first kappa shape index (κ1) is 5.29. The first-order chi connectivity index (χ1) is 3.88. The molecule has 0 heterocycles. The van der Waals surface area contributed by atoms with Gasteiger partial charge < -0.3 is 0 Å². The average molecular weight is 108 g/mol. The van der Waals surface area contributed by atoms with Crippen LogP contribution in [0.2, 0.25) is 0 Å². The van der Waals surface area contributed by atoms with Crippen molar-refractivity contribution in [2.75, 3.05) is 0 Å². The second kappa shape index (κ2) is 1.95. The standard InChI is InChI=1S/C7H8O/c1-2-6-3-4-7(6)5-8/h2,5H,1,3-4H2. The van der Waals surface area contributed by atoms with Gasteiger partial charge in [0.15, 0.2) is 0 Å². The van der Waals surface area contributed by atoms with Crippen molar-refractivity contribution in [3.05, 3.63) is 23.8 Å². The predicted molar refractivity (Wildman–Crippen MR) is 32.5 cm³/mol. The largest absolute Gasteiger partial charge is 0.298 e. The van der Waals surface area contributed by atoms with Crippen LogP contribution in [0.4, 0.5) is 0 Å². The number of carbonyl (C=O) groups is 1. The van der Waals surface area contributed by atoms with E-state index in [1.165, 1.54) is 0 Å². The van der Waals surface area contributed by atoms with Crippen LogP contribution >= 0.6 is 0 Å². The molecule has 0 amide bonds. The molecule has 42 valence electrons. The Labute approximate surface area is 48.7 Å². The van der Waals surface area contributed by atoms with Gasteiger partial charge in [0.05, 0.1) is 0 Å². The molecule has 0 radical (unpaired) electrons. The minimum atomic E-state index is 0.917. The third-order valence-corrected chi connectivity index (χ3v) is 1.46. The summed E-state index contributed by atoms with van der Waals surface area (Å²) in [7, 11) is 0. The Bertz CT molecular complexity index is 136. The van der Waals surface area contributed by atoms with Gasteiger partial charge in [0.1, 0.15) is 6.29 Å². The summed E-state index contributed by atoms with van der Waals surface area (Å²) < 4.78 is 0. The molecule has 1 heteroatoms. The number of rotatable bonds is 2. The molecule has 0 unspecified atom stereocenters. The molecule has 1 nitrogen and oxygen atoms in total. The van der Waals surface area contributed by atoms with Gasteiger partial charge in [-0.15, -0.1) is 0 Å². The van der Waals surface area contributed by atoms with Crippen molar-refractivity contribution in [3.63, 3.8) is 0 Å². The van der Waals surface area contributed by atoms with Crippen LogP contribution < -0.4 is 0 Å². The summed E-state index contributed by atoms with van der Waals surface area (Å²) in [5.41, 5.74) is 2.06. The number of aldehydes is 1. The molecule has 0 bridgehead atoms. The molecule has 0 atom stereocenters. The van der Waals surface area contributed by atoms with Crippen molar-refractivity contribution in [2.24, 2.45) is 0 Å². The summed E-state index contributed by atoms with van der Waals surface area (Å²) >= 11 is 0. The van der Waals surface area contributed by atoms with E-state index < -0.39 is 0 Å². The Balaban J connectivity index is 2.76. The fourth-order valence-electron chi connectivity index (χ4n) is 0.781. The van der Waals surface area contributed by atoms with Crippen molar-refractivity contribution in [1.82, 2.24) is 0 Å². The summed E-state index contributed by atoms with van der Waals surface area (Å²) in [6.45, 7) is 3.56. The summed E-state index contributed by atoms with van der Waals surface area (Å²) in [5, 5.41) is 0. The van der Waals surface area contributed by atoms with E-state index in [0.717, 1.165) is 30.3 Å². The smallest absolute Gasteiger partial charge is 0.146 e. The highest BCUT2D eigenvalue weighted by molar-refractivity contribution is 5.78. The van der Waals surface area contributed by atoms with E-state index in [4.69, 9.17) is 0 Å². The fraction of sp³-hybridized carbons (Fsp3) is 0.286. The lowest BCUT2D eigenvalue weighted by atomic mass is 9.90. The molecule has 0 aliphatic heterocycles. The summed E-state index contributed by atoms with van der Waals surface area (Å²) in [5.74, 6) is 0. The molecule has 0 saturated heterocycles. The van der Waals surface area contributed by atoms with Crippen LogP contribution in [-0.2, 0) is 4.79 Å². The molecule has 0 N–H and O–H groups in total. The van der Waals surface area contributed by atoms with Crippen LogP contribution in [0.1, 0.15) is 12.8 Å². The van der Waals surface area contributed by atoms with Crippen molar-refractivity contribution >= 4 is 6.29 Å². The van der Waals surface area contributed by atoms with Crippen LogP contribution in [0, 0.1) is 0 Å². The van der Waals surface area contributed by atoms with E-state index in [1.54, 1.807) is 6.08 Å². The topological polar surface area (TPSA) is 17.1 Å². The molecule has 0 fully saturated rings. The van der Waals surface area contributed by atoms with Crippen molar-refractivity contribution in [3.8, 4) is 0 Å². The minimum absolute atomic E-state index is 0.917. The van der Waals surface area contributed by atoms with E-state index in [9.17, 15) is 4.79 Å². The number of allylic oxidation sites excluding steroid dienone is 3. The highest BCUT2D eigenvalue weighted by Gasteiger charge is 2.11. The van der Waals surface area contributed by atoms with Gasteiger partial charge in [-0.3, -0.25) is 4.79 Å². The van der Waals surface area contributed by atoms with Crippen LogP contribution in [0.5, 0.6) is 0 Å². The van der Waals surface area contributed by atoms with E-state index in [2.05, 4.69) is 6.58 Å². The highest BCUT2D eigenvalue weighted by Crippen LogP contribution is 2.25. The fourth-order valence-corrected chi connectivity index (χ4v) is 0.781. The summed E-state index contributed by atoms with van der Waals surface area (Å²) in [4.78, 5) is 10.1.